The number of ether oxygens (including phenoxy) is 1. The third-order valence-electron chi connectivity index (χ3n) is 8.48. The molecule has 3 aliphatic heterocycles. The van der Waals surface area contributed by atoms with Crippen LogP contribution in [0.2, 0.25) is 0 Å². The fourth-order valence-electron chi connectivity index (χ4n) is 6.35. The van der Waals surface area contributed by atoms with E-state index in [2.05, 4.69) is 54.3 Å². The van der Waals surface area contributed by atoms with E-state index < -0.39 is 6.41 Å². The molecule has 6 heteroatoms. The number of carbonyl (C=O) groups is 1. The quantitative estimate of drug-likeness (QED) is 0.656. The molecule has 6 nitrogen and oxygen atoms in total. The average molecular weight is 478 g/mol. The number of benzene rings is 2. The topological polar surface area (TPSA) is 56.3 Å². The van der Waals surface area contributed by atoms with Gasteiger partial charge in [0.25, 0.3) is 0 Å². The minimum atomic E-state index is -0.777. The van der Waals surface area contributed by atoms with Crippen molar-refractivity contribution in [1.82, 2.24) is 9.80 Å². The summed E-state index contributed by atoms with van der Waals surface area (Å²) in [5.41, 5.74) is 6.20. The van der Waals surface area contributed by atoms with Crippen LogP contribution in [-0.2, 0) is 14.9 Å². The zero-order valence-corrected chi connectivity index (χ0v) is 21.4. The molecule has 1 amide bonds. The molecule has 3 heterocycles. The van der Waals surface area contributed by atoms with E-state index in [-0.39, 0.29) is 11.3 Å². The summed E-state index contributed by atoms with van der Waals surface area (Å²) in [6.45, 7) is 10.9. The summed E-state index contributed by atoms with van der Waals surface area (Å²) in [4.78, 5) is 19.2. The Balaban J connectivity index is 1.31. The smallest absolute Gasteiger partial charge is 0.223 e. The van der Waals surface area contributed by atoms with E-state index in [1.807, 2.05) is 16.7 Å². The molecule has 2 aromatic carbocycles. The lowest BCUT2D eigenvalue weighted by Crippen LogP contribution is -2.53. The molecule has 2 saturated heterocycles. The molecule has 0 aliphatic carbocycles. The maximum Gasteiger partial charge on any atom is 0.223 e. The van der Waals surface area contributed by atoms with E-state index in [1.54, 1.807) is 6.92 Å². The molecule has 1 atom stereocenters. The van der Waals surface area contributed by atoms with Gasteiger partial charge in [0.15, 0.2) is 0 Å². The van der Waals surface area contributed by atoms with Crippen molar-refractivity contribution >= 4 is 11.6 Å². The van der Waals surface area contributed by atoms with Crippen molar-refractivity contribution in [3.63, 3.8) is 0 Å². The number of amides is 1. The van der Waals surface area contributed by atoms with Gasteiger partial charge in [0.2, 0.25) is 12.3 Å². The molecule has 2 fully saturated rings. The fourth-order valence-corrected chi connectivity index (χ4v) is 6.35. The highest BCUT2D eigenvalue weighted by Gasteiger charge is 2.46. The number of likely N-dealkylation sites (tertiary alicyclic amines) is 2. The molecule has 5 rings (SSSR count). The van der Waals surface area contributed by atoms with Gasteiger partial charge in [-0.15, -0.1) is 0 Å². The molecular formula is C29H39N3O3. The number of piperidine rings is 2. The van der Waals surface area contributed by atoms with Gasteiger partial charge in [-0.2, -0.15) is 0 Å². The van der Waals surface area contributed by atoms with Gasteiger partial charge in [0.05, 0.1) is 0 Å². The van der Waals surface area contributed by atoms with Crippen molar-refractivity contribution in [3.8, 4) is 11.1 Å². The standard InChI is InChI=1S/C29H39N3O3/c1-4-35-28(34)31-15-11-25(12-16-31)30-17-13-29(14-18-30)20-32(22(3)33)27-10-9-24(19-26(27)29)23-7-5-21(2)6-8-23/h5-10,19,25,28,34H,4,11-18,20H2,1-3H3. The second-order valence-electron chi connectivity index (χ2n) is 10.6. The van der Waals surface area contributed by atoms with E-state index in [9.17, 15) is 9.90 Å². The SMILES string of the molecule is CCOC(O)N1CCC(N2CCC3(CC2)CN(C(C)=O)c2ccc(-c4ccc(C)cc4)cc23)CC1. The van der Waals surface area contributed by atoms with Crippen LogP contribution < -0.4 is 4.90 Å². The van der Waals surface area contributed by atoms with E-state index in [0.29, 0.717) is 12.6 Å². The molecule has 0 saturated carbocycles. The Morgan fingerprint density at radius 1 is 1.06 bits per heavy atom. The van der Waals surface area contributed by atoms with Crippen LogP contribution in [0.1, 0.15) is 50.7 Å². The Labute approximate surface area is 209 Å². The van der Waals surface area contributed by atoms with E-state index in [4.69, 9.17) is 4.74 Å². The number of nitrogens with zero attached hydrogens (tertiary/aromatic N) is 3. The Bertz CT molecular complexity index is 1040. The van der Waals surface area contributed by atoms with E-state index >= 15 is 0 Å². The lowest BCUT2D eigenvalue weighted by atomic mass is 9.73. The Morgan fingerprint density at radius 2 is 1.71 bits per heavy atom. The number of hydrogen-bond donors (Lipinski definition) is 1. The van der Waals surface area contributed by atoms with Gasteiger partial charge in [-0.1, -0.05) is 35.9 Å². The largest absolute Gasteiger partial charge is 0.356 e. The second-order valence-corrected chi connectivity index (χ2v) is 10.6. The first-order valence-corrected chi connectivity index (χ1v) is 13.2. The number of rotatable bonds is 5. The molecule has 0 radical (unpaired) electrons. The first kappa shape index (κ1) is 24.4. The minimum absolute atomic E-state index is 0.0318. The molecule has 1 N–H and O–H groups in total. The molecule has 1 unspecified atom stereocenters. The monoisotopic (exact) mass is 477 g/mol. The molecule has 0 aromatic heterocycles. The van der Waals surface area contributed by atoms with Crippen LogP contribution in [0.15, 0.2) is 42.5 Å². The predicted octanol–water partition coefficient (Wildman–Crippen LogP) is 4.14. The lowest BCUT2D eigenvalue weighted by molar-refractivity contribution is -0.197. The fraction of sp³-hybridized carbons (Fsp3) is 0.552. The highest BCUT2D eigenvalue weighted by Crippen LogP contribution is 2.48. The minimum Gasteiger partial charge on any atom is -0.356 e. The summed E-state index contributed by atoms with van der Waals surface area (Å²) >= 11 is 0. The Morgan fingerprint density at radius 3 is 2.34 bits per heavy atom. The molecule has 3 aliphatic rings. The number of aliphatic hydroxyl groups excluding tert-OH is 1. The maximum atomic E-state index is 12.6. The van der Waals surface area contributed by atoms with E-state index in [1.165, 1.54) is 22.3 Å². The van der Waals surface area contributed by atoms with Crippen LogP contribution in [-0.4, -0.2) is 72.6 Å². The second kappa shape index (κ2) is 10.0. The summed E-state index contributed by atoms with van der Waals surface area (Å²) < 4.78 is 5.37. The number of fused-ring (bicyclic) bond motifs is 2. The number of hydrogen-bond acceptors (Lipinski definition) is 5. The Kier molecular flexibility index (Phi) is 6.99. The van der Waals surface area contributed by atoms with Crippen molar-refractivity contribution in [2.24, 2.45) is 0 Å². The summed E-state index contributed by atoms with van der Waals surface area (Å²) in [6.07, 6.45) is 3.49. The predicted molar refractivity (Wildman–Crippen MR) is 139 cm³/mol. The van der Waals surface area contributed by atoms with Crippen LogP contribution in [0.25, 0.3) is 11.1 Å². The zero-order chi connectivity index (χ0) is 24.6. The van der Waals surface area contributed by atoms with Crippen molar-refractivity contribution in [1.29, 1.82) is 0 Å². The first-order chi connectivity index (χ1) is 16.9. The summed E-state index contributed by atoms with van der Waals surface area (Å²) in [6, 6.07) is 15.9. The van der Waals surface area contributed by atoms with Gasteiger partial charge in [0, 0.05) is 50.3 Å². The number of anilines is 1. The highest BCUT2D eigenvalue weighted by molar-refractivity contribution is 5.95. The number of carbonyl (C=O) groups excluding carboxylic acids is 1. The van der Waals surface area contributed by atoms with Crippen LogP contribution in [0.4, 0.5) is 5.69 Å². The molecule has 1 spiro atoms. The summed E-state index contributed by atoms with van der Waals surface area (Å²) in [7, 11) is 0. The first-order valence-electron chi connectivity index (χ1n) is 13.2. The number of aliphatic hydroxyl groups is 1. The van der Waals surface area contributed by atoms with Crippen LogP contribution in [0, 0.1) is 6.92 Å². The van der Waals surface area contributed by atoms with Gasteiger partial charge >= 0.3 is 0 Å². The zero-order valence-electron chi connectivity index (χ0n) is 21.4. The summed E-state index contributed by atoms with van der Waals surface area (Å²) in [5.74, 6) is 0.133. The highest BCUT2D eigenvalue weighted by atomic mass is 16.6. The van der Waals surface area contributed by atoms with Gasteiger partial charge in [-0.3, -0.25) is 9.69 Å². The molecule has 2 aromatic rings. The normalized spacial score (nSPS) is 21.9. The van der Waals surface area contributed by atoms with Gasteiger partial charge in [-0.25, -0.2) is 0 Å². The van der Waals surface area contributed by atoms with Gasteiger partial charge < -0.3 is 19.6 Å². The van der Waals surface area contributed by atoms with Crippen LogP contribution in [0.3, 0.4) is 0 Å². The van der Waals surface area contributed by atoms with Crippen LogP contribution in [0.5, 0.6) is 0 Å². The number of aryl methyl sites for hydroxylation is 1. The molecular weight excluding hydrogens is 438 g/mol. The molecule has 0 bridgehead atoms. The molecule has 188 valence electrons. The van der Waals surface area contributed by atoms with E-state index in [0.717, 1.165) is 64.1 Å². The van der Waals surface area contributed by atoms with Crippen LogP contribution >= 0.6 is 0 Å². The average Bonchev–Trinajstić information content (AvgIpc) is 3.19. The van der Waals surface area contributed by atoms with Gasteiger partial charge in [0.1, 0.15) is 0 Å². The van der Waals surface area contributed by atoms with Gasteiger partial charge in [-0.05, 0) is 81.4 Å². The van der Waals surface area contributed by atoms with Crippen molar-refractivity contribution in [2.45, 2.75) is 64.3 Å². The lowest BCUT2D eigenvalue weighted by Gasteiger charge is -2.45. The van der Waals surface area contributed by atoms with Crippen molar-refractivity contribution < 1.29 is 14.6 Å². The van der Waals surface area contributed by atoms with Crippen molar-refractivity contribution in [2.75, 3.05) is 44.2 Å². The Hall–Kier alpha value is -2.25. The third kappa shape index (κ3) is 4.77. The summed E-state index contributed by atoms with van der Waals surface area (Å²) in [5, 5.41) is 10.1. The maximum absolute atomic E-state index is 12.6. The molecule has 35 heavy (non-hydrogen) atoms. The third-order valence-corrected chi connectivity index (χ3v) is 8.48. The van der Waals surface area contributed by atoms with Crippen molar-refractivity contribution in [3.05, 3.63) is 53.6 Å².